The Labute approximate surface area is 307 Å². The highest BCUT2D eigenvalue weighted by atomic mass is 14.2. The van der Waals surface area contributed by atoms with Crippen LogP contribution < -0.4 is 0 Å². The molecule has 0 heteroatoms. The lowest BCUT2D eigenvalue weighted by molar-refractivity contribution is 1.48. The van der Waals surface area contributed by atoms with Crippen LogP contribution in [0.1, 0.15) is 44.5 Å². The normalized spacial score (nSPS) is 10.7. The topological polar surface area (TPSA) is 0 Å². The largest absolute Gasteiger partial charge is 0.0622 e. The van der Waals surface area contributed by atoms with Crippen LogP contribution in [0.15, 0.2) is 231 Å². The molecule has 52 heavy (non-hydrogen) atoms. The molecule has 0 aliphatic carbocycles. The molecule has 0 spiro atoms. The smallest absolute Gasteiger partial charge is 0.00266 e. The molecule has 0 N–H and O–H groups in total. The summed E-state index contributed by atoms with van der Waals surface area (Å²) in [5, 5.41) is 0. The molecule has 8 aromatic carbocycles. The van der Waals surface area contributed by atoms with Gasteiger partial charge in [-0.15, -0.1) is 0 Å². The first-order chi connectivity index (χ1) is 25.8. The van der Waals surface area contributed by atoms with Crippen LogP contribution in [-0.4, -0.2) is 0 Å². The summed E-state index contributed by atoms with van der Waals surface area (Å²) in [6.45, 7) is 0. The van der Waals surface area contributed by atoms with Crippen molar-refractivity contribution >= 4 is 22.3 Å². The molecule has 0 saturated heterocycles. The van der Waals surface area contributed by atoms with Crippen molar-refractivity contribution in [1.29, 1.82) is 0 Å². The molecule has 0 aromatic heterocycles. The molecule has 0 nitrogen and oxygen atoms in total. The Morgan fingerprint density at radius 1 is 0.173 bits per heavy atom. The van der Waals surface area contributed by atoms with Crippen LogP contribution in [0.3, 0.4) is 0 Å². The van der Waals surface area contributed by atoms with Crippen molar-refractivity contribution in [2.24, 2.45) is 0 Å². The maximum atomic E-state index is 2.36. The fraction of sp³-hybridized carbons (Fsp3) is 0. The second kappa shape index (κ2) is 15.4. The Kier molecular flexibility index (Phi) is 9.62. The third-order valence-corrected chi connectivity index (χ3v) is 9.51. The molecule has 0 amide bonds. The maximum absolute atomic E-state index is 2.36. The van der Waals surface area contributed by atoms with Crippen molar-refractivity contribution in [3.8, 4) is 11.1 Å². The molecule has 0 heterocycles. The van der Waals surface area contributed by atoms with Crippen LogP contribution in [0.4, 0.5) is 0 Å². The predicted molar refractivity (Wildman–Crippen MR) is 221 cm³/mol. The summed E-state index contributed by atoms with van der Waals surface area (Å²) < 4.78 is 0. The van der Waals surface area contributed by atoms with E-state index in [0.717, 1.165) is 0 Å². The molecule has 0 atom stereocenters. The van der Waals surface area contributed by atoms with Gasteiger partial charge < -0.3 is 0 Å². The standard InChI is InChI=1S/C52H38/c1-7-21-39(22-8-1)49(40-23-9-2-10-24-40)51(43-29-15-5-16-30-43)47-35-19-33-45(37-47)46-34-20-36-48(38-46)52(44-31-17-6-18-32-44)50(41-25-11-3-12-26-41)42-27-13-4-14-28-42/h1-38H. The van der Waals surface area contributed by atoms with Gasteiger partial charge in [0, 0.05) is 0 Å². The molecular formula is C52H38. The Morgan fingerprint density at radius 3 is 0.596 bits per heavy atom. The molecule has 0 aliphatic rings. The molecule has 0 unspecified atom stereocenters. The Bertz CT molecular complexity index is 2180. The molecule has 8 aromatic rings. The maximum Gasteiger partial charge on any atom is -0.00266 e. The molecule has 0 bridgehead atoms. The van der Waals surface area contributed by atoms with Gasteiger partial charge in [-0.05, 0) is 90.1 Å². The lowest BCUT2D eigenvalue weighted by Gasteiger charge is -2.20. The van der Waals surface area contributed by atoms with Crippen LogP contribution in [0.5, 0.6) is 0 Å². The number of hydrogen-bond acceptors (Lipinski definition) is 0. The monoisotopic (exact) mass is 662 g/mol. The van der Waals surface area contributed by atoms with E-state index in [9.17, 15) is 0 Å². The minimum Gasteiger partial charge on any atom is -0.0622 e. The van der Waals surface area contributed by atoms with E-state index in [2.05, 4.69) is 231 Å². The first-order valence-electron chi connectivity index (χ1n) is 17.9. The van der Waals surface area contributed by atoms with E-state index < -0.39 is 0 Å². The summed E-state index contributed by atoms with van der Waals surface area (Å²) in [5.41, 5.74) is 16.6. The zero-order valence-electron chi connectivity index (χ0n) is 28.9. The van der Waals surface area contributed by atoms with Crippen LogP contribution in [0.25, 0.3) is 33.4 Å². The van der Waals surface area contributed by atoms with Gasteiger partial charge in [0.2, 0.25) is 0 Å². The fourth-order valence-electron chi connectivity index (χ4n) is 7.16. The van der Waals surface area contributed by atoms with Crippen LogP contribution in [-0.2, 0) is 0 Å². The van der Waals surface area contributed by atoms with Crippen LogP contribution in [0.2, 0.25) is 0 Å². The Hall–Kier alpha value is -6.76. The third-order valence-electron chi connectivity index (χ3n) is 9.51. The van der Waals surface area contributed by atoms with Crippen molar-refractivity contribution in [3.63, 3.8) is 0 Å². The van der Waals surface area contributed by atoms with E-state index in [-0.39, 0.29) is 0 Å². The van der Waals surface area contributed by atoms with E-state index in [1.54, 1.807) is 0 Å². The van der Waals surface area contributed by atoms with E-state index in [1.165, 1.54) is 77.9 Å². The zero-order valence-corrected chi connectivity index (χ0v) is 28.9. The van der Waals surface area contributed by atoms with Gasteiger partial charge in [0.05, 0.1) is 0 Å². The number of rotatable bonds is 9. The summed E-state index contributed by atoms with van der Waals surface area (Å²) in [5.74, 6) is 0. The average molecular weight is 663 g/mol. The molecular weight excluding hydrogens is 625 g/mol. The highest BCUT2D eigenvalue weighted by Gasteiger charge is 2.19. The highest BCUT2D eigenvalue weighted by Crippen LogP contribution is 2.40. The second-order valence-corrected chi connectivity index (χ2v) is 12.9. The summed E-state index contributed by atoms with van der Waals surface area (Å²) in [6, 6.07) is 82.7. The third kappa shape index (κ3) is 6.97. The fourth-order valence-corrected chi connectivity index (χ4v) is 7.16. The Balaban J connectivity index is 1.34. The van der Waals surface area contributed by atoms with E-state index in [0.29, 0.717) is 0 Å². The molecule has 8 rings (SSSR count). The van der Waals surface area contributed by atoms with Gasteiger partial charge >= 0.3 is 0 Å². The van der Waals surface area contributed by atoms with E-state index >= 15 is 0 Å². The highest BCUT2D eigenvalue weighted by molar-refractivity contribution is 6.06. The lowest BCUT2D eigenvalue weighted by atomic mass is 9.84. The first-order valence-corrected chi connectivity index (χ1v) is 17.9. The van der Waals surface area contributed by atoms with Crippen molar-refractivity contribution < 1.29 is 0 Å². The quantitative estimate of drug-likeness (QED) is 0.135. The van der Waals surface area contributed by atoms with Gasteiger partial charge in [-0.2, -0.15) is 0 Å². The zero-order chi connectivity index (χ0) is 35.0. The van der Waals surface area contributed by atoms with Gasteiger partial charge in [-0.3, -0.25) is 0 Å². The van der Waals surface area contributed by atoms with Crippen LogP contribution >= 0.6 is 0 Å². The predicted octanol–water partition coefficient (Wildman–Crippen LogP) is 13.4. The van der Waals surface area contributed by atoms with Crippen molar-refractivity contribution in [3.05, 3.63) is 275 Å². The van der Waals surface area contributed by atoms with E-state index in [4.69, 9.17) is 0 Å². The molecule has 0 fully saturated rings. The lowest BCUT2D eigenvalue weighted by Crippen LogP contribution is -1.98. The van der Waals surface area contributed by atoms with E-state index in [1.807, 2.05) is 0 Å². The number of hydrogen-bond donors (Lipinski definition) is 0. The second-order valence-electron chi connectivity index (χ2n) is 12.9. The SMILES string of the molecule is c1ccc(C(=C(c2ccccc2)c2cccc(-c3cccc(C(=C(c4ccccc4)c4ccccc4)c4ccccc4)c3)c2)c2ccccc2)cc1. The van der Waals surface area contributed by atoms with Crippen molar-refractivity contribution in [2.75, 3.05) is 0 Å². The molecule has 0 aliphatic heterocycles. The Morgan fingerprint density at radius 2 is 0.365 bits per heavy atom. The first kappa shape index (κ1) is 32.4. The summed E-state index contributed by atoms with van der Waals surface area (Å²) in [7, 11) is 0. The van der Waals surface area contributed by atoms with Crippen molar-refractivity contribution in [2.45, 2.75) is 0 Å². The summed E-state index contributed by atoms with van der Waals surface area (Å²) in [6.07, 6.45) is 0. The molecule has 246 valence electrons. The molecule has 0 saturated carbocycles. The minimum atomic E-state index is 1.17. The average Bonchev–Trinajstić information content (AvgIpc) is 3.24. The van der Waals surface area contributed by atoms with Crippen LogP contribution in [0, 0.1) is 0 Å². The number of benzene rings is 8. The summed E-state index contributed by atoms with van der Waals surface area (Å²) >= 11 is 0. The summed E-state index contributed by atoms with van der Waals surface area (Å²) in [4.78, 5) is 0. The van der Waals surface area contributed by atoms with Gasteiger partial charge in [-0.25, -0.2) is 0 Å². The van der Waals surface area contributed by atoms with Gasteiger partial charge in [0.15, 0.2) is 0 Å². The minimum absolute atomic E-state index is 1.17. The van der Waals surface area contributed by atoms with Gasteiger partial charge in [0.1, 0.15) is 0 Å². The van der Waals surface area contributed by atoms with Gasteiger partial charge in [-0.1, -0.05) is 218 Å². The van der Waals surface area contributed by atoms with Gasteiger partial charge in [0.25, 0.3) is 0 Å². The molecule has 0 radical (unpaired) electrons. The van der Waals surface area contributed by atoms with Crippen molar-refractivity contribution in [1.82, 2.24) is 0 Å².